The zero-order valence-electron chi connectivity index (χ0n) is 10.6. The highest BCUT2D eigenvalue weighted by molar-refractivity contribution is 5.40. The number of phenolic OH excluding ortho intramolecular Hbond substituents is 2. The van der Waals surface area contributed by atoms with Crippen molar-refractivity contribution < 1.29 is 14.6 Å². The van der Waals surface area contributed by atoms with Crippen LogP contribution in [0.2, 0.25) is 0 Å². The molecule has 1 unspecified atom stereocenters. The first kappa shape index (κ1) is 13.4. The first-order valence-electron chi connectivity index (χ1n) is 6.06. The van der Waals surface area contributed by atoms with E-state index in [9.17, 15) is 14.6 Å². The molecule has 0 saturated carbocycles. The molecule has 0 aliphatic heterocycles. The Morgan fingerprint density at radius 1 is 1.16 bits per heavy atom. The highest BCUT2D eigenvalue weighted by Gasteiger charge is 2.11. The highest BCUT2D eigenvalue weighted by atomic mass is 19.1. The fourth-order valence-corrected chi connectivity index (χ4v) is 1.91. The molecule has 0 amide bonds. The van der Waals surface area contributed by atoms with Crippen LogP contribution in [0.1, 0.15) is 24.1 Å². The molecule has 0 aromatic heterocycles. The average Bonchev–Trinajstić information content (AvgIpc) is 2.37. The van der Waals surface area contributed by atoms with Crippen LogP contribution in [0.25, 0.3) is 0 Å². The summed E-state index contributed by atoms with van der Waals surface area (Å²) in [5.41, 5.74) is 1.24. The van der Waals surface area contributed by atoms with Gasteiger partial charge in [0.05, 0.1) is 0 Å². The van der Waals surface area contributed by atoms with Crippen molar-refractivity contribution in [3.63, 3.8) is 0 Å². The number of phenols is 2. The van der Waals surface area contributed by atoms with E-state index in [-0.39, 0.29) is 23.4 Å². The second-order valence-corrected chi connectivity index (χ2v) is 4.44. The Kier molecular flexibility index (Phi) is 4.02. The number of hydrogen-bond acceptors (Lipinski definition) is 3. The molecule has 0 spiro atoms. The normalized spacial score (nSPS) is 12.3. The summed E-state index contributed by atoms with van der Waals surface area (Å²) in [4.78, 5) is 0. The highest BCUT2D eigenvalue weighted by Crippen LogP contribution is 2.27. The van der Waals surface area contributed by atoms with Gasteiger partial charge in [-0.05, 0) is 19.1 Å². The largest absolute Gasteiger partial charge is 0.508 e. The zero-order chi connectivity index (χ0) is 13.8. The molecule has 0 aliphatic rings. The van der Waals surface area contributed by atoms with E-state index in [1.165, 1.54) is 18.2 Å². The fraction of sp³-hybridized carbons (Fsp3) is 0.200. The number of aromatic hydroxyl groups is 2. The maximum absolute atomic E-state index is 13.5. The lowest BCUT2D eigenvalue weighted by Crippen LogP contribution is -2.18. The summed E-state index contributed by atoms with van der Waals surface area (Å²) in [5.74, 6) is -0.215. The molecule has 0 heterocycles. The van der Waals surface area contributed by atoms with Crippen molar-refractivity contribution in [2.24, 2.45) is 0 Å². The van der Waals surface area contributed by atoms with E-state index in [4.69, 9.17) is 0 Å². The van der Waals surface area contributed by atoms with Gasteiger partial charge in [-0.1, -0.05) is 24.3 Å². The smallest absolute Gasteiger partial charge is 0.127 e. The standard InChI is InChI=1S/C15H16FNO2/c1-10(13-7-6-12(18)8-15(13)19)17-9-11-4-2-3-5-14(11)16/h2-8,10,17-19H,9H2,1H3. The van der Waals surface area contributed by atoms with Gasteiger partial charge in [-0.2, -0.15) is 0 Å². The molecule has 0 fully saturated rings. The summed E-state index contributed by atoms with van der Waals surface area (Å²) < 4.78 is 13.5. The van der Waals surface area contributed by atoms with E-state index in [1.807, 2.05) is 6.92 Å². The molecule has 0 bridgehead atoms. The van der Waals surface area contributed by atoms with Crippen LogP contribution in [0, 0.1) is 5.82 Å². The number of hydrogen-bond donors (Lipinski definition) is 3. The minimum Gasteiger partial charge on any atom is -0.508 e. The first-order valence-corrected chi connectivity index (χ1v) is 6.06. The van der Waals surface area contributed by atoms with Gasteiger partial charge in [-0.3, -0.25) is 0 Å². The lowest BCUT2D eigenvalue weighted by molar-refractivity contribution is 0.435. The van der Waals surface area contributed by atoms with E-state index in [2.05, 4.69) is 5.32 Å². The second kappa shape index (κ2) is 5.71. The third-order valence-corrected chi connectivity index (χ3v) is 3.04. The van der Waals surface area contributed by atoms with Crippen molar-refractivity contribution in [1.29, 1.82) is 0 Å². The third kappa shape index (κ3) is 3.23. The van der Waals surface area contributed by atoms with E-state index >= 15 is 0 Å². The molecule has 1 atom stereocenters. The van der Waals surface area contributed by atoms with E-state index < -0.39 is 0 Å². The Hall–Kier alpha value is -2.07. The summed E-state index contributed by atoms with van der Waals surface area (Å²) in [6.07, 6.45) is 0. The van der Waals surface area contributed by atoms with Crippen molar-refractivity contribution in [3.05, 3.63) is 59.4 Å². The number of benzene rings is 2. The molecule has 2 aromatic carbocycles. The summed E-state index contributed by atoms with van der Waals surface area (Å²) >= 11 is 0. The molecule has 3 nitrogen and oxygen atoms in total. The lowest BCUT2D eigenvalue weighted by Gasteiger charge is -2.16. The Morgan fingerprint density at radius 2 is 1.89 bits per heavy atom. The summed E-state index contributed by atoms with van der Waals surface area (Å²) in [7, 11) is 0. The predicted octanol–water partition coefficient (Wildman–Crippen LogP) is 3.09. The van der Waals surface area contributed by atoms with Gasteiger partial charge in [0.1, 0.15) is 17.3 Å². The molecule has 0 aliphatic carbocycles. The van der Waals surface area contributed by atoms with Crippen molar-refractivity contribution in [2.75, 3.05) is 0 Å². The van der Waals surface area contributed by atoms with Crippen LogP contribution in [-0.4, -0.2) is 10.2 Å². The predicted molar refractivity (Wildman–Crippen MR) is 71.4 cm³/mol. The van der Waals surface area contributed by atoms with Crippen molar-refractivity contribution in [1.82, 2.24) is 5.32 Å². The van der Waals surface area contributed by atoms with Crippen LogP contribution >= 0.6 is 0 Å². The quantitative estimate of drug-likeness (QED) is 0.792. The van der Waals surface area contributed by atoms with E-state index in [0.717, 1.165) is 0 Å². The molecule has 2 rings (SSSR count). The first-order chi connectivity index (χ1) is 9.08. The van der Waals surface area contributed by atoms with Gasteiger partial charge in [-0.25, -0.2) is 4.39 Å². The van der Waals surface area contributed by atoms with Gasteiger partial charge in [0.2, 0.25) is 0 Å². The SMILES string of the molecule is CC(NCc1ccccc1F)c1ccc(O)cc1O. The summed E-state index contributed by atoms with van der Waals surface area (Å²) in [5, 5.41) is 22.1. The van der Waals surface area contributed by atoms with Crippen LogP contribution in [0.3, 0.4) is 0 Å². The minimum absolute atomic E-state index is 0.0163. The fourth-order valence-electron chi connectivity index (χ4n) is 1.91. The zero-order valence-corrected chi connectivity index (χ0v) is 10.6. The topological polar surface area (TPSA) is 52.5 Å². The van der Waals surface area contributed by atoms with Gasteiger partial charge in [0.25, 0.3) is 0 Å². The molecular weight excluding hydrogens is 245 g/mol. The van der Waals surface area contributed by atoms with Crippen LogP contribution in [-0.2, 0) is 6.54 Å². The second-order valence-electron chi connectivity index (χ2n) is 4.44. The van der Waals surface area contributed by atoms with Crippen LogP contribution in [0.5, 0.6) is 11.5 Å². The monoisotopic (exact) mass is 261 g/mol. The Balaban J connectivity index is 2.05. The van der Waals surface area contributed by atoms with Crippen LogP contribution in [0.15, 0.2) is 42.5 Å². The maximum Gasteiger partial charge on any atom is 0.127 e. The van der Waals surface area contributed by atoms with E-state index in [1.54, 1.807) is 24.3 Å². The number of halogens is 1. The molecule has 100 valence electrons. The van der Waals surface area contributed by atoms with Crippen LogP contribution in [0.4, 0.5) is 4.39 Å². The van der Waals surface area contributed by atoms with Gasteiger partial charge < -0.3 is 15.5 Å². The van der Waals surface area contributed by atoms with Crippen molar-refractivity contribution in [3.8, 4) is 11.5 Å². The molecular formula is C15H16FNO2. The van der Waals surface area contributed by atoms with Gasteiger partial charge in [0.15, 0.2) is 0 Å². The Labute approximate surface area is 111 Å². The van der Waals surface area contributed by atoms with Gasteiger partial charge in [-0.15, -0.1) is 0 Å². The molecule has 0 radical (unpaired) electrons. The van der Waals surface area contributed by atoms with Crippen LogP contribution < -0.4 is 5.32 Å². The van der Waals surface area contributed by atoms with Gasteiger partial charge in [0, 0.05) is 29.8 Å². The van der Waals surface area contributed by atoms with Crippen molar-refractivity contribution in [2.45, 2.75) is 19.5 Å². The van der Waals surface area contributed by atoms with Gasteiger partial charge >= 0.3 is 0 Å². The molecule has 0 saturated heterocycles. The number of rotatable bonds is 4. The molecule has 4 heteroatoms. The molecule has 3 N–H and O–H groups in total. The Morgan fingerprint density at radius 3 is 2.58 bits per heavy atom. The molecule has 2 aromatic rings. The van der Waals surface area contributed by atoms with E-state index in [0.29, 0.717) is 17.7 Å². The average molecular weight is 261 g/mol. The third-order valence-electron chi connectivity index (χ3n) is 3.04. The Bertz CT molecular complexity index is 572. The lowest BCUT2D eigenvalue weighted by atomic mass is 10.1. The van der Waals surface area contributed by atoms with Crippen molar-refractivity contribution >= 4 is 0 Å². The summed E-state index contributed by atoms with van der Waals surface area (Å²) in [6.45, 7) is 2.24. The maximum atomic E-state index is 13.5. The summed E-state index contributed by atoms with van der Waals surface area (Å²) in [6, 6.07) is 10.8. The number of nitrogens with one attached hydrogen (secondary N) is 1. The minimum atomic E-state index is -0.253. The molecule has 19 heavy (non-hydrogen) atoms.